The monoisotopic (exact) mass is 558 g/mol. The Balaban J connectivity index is 1.57. The number of hydrogen-bond acceptors (Lipinski definition) is 7. The van der Waals surface area contributed by atoms with Gasteiger partial charge >= 0.3 is 11.9 Å². The zero-order valence-electron chi connectivity index (χ0n) is 18.8. The van der Waals surface area contributed by atoms with E-state index >= 15 is 0 Å². The molecule has 2 aromatic heterocycles. The predicted octanol–water partition coefficient (Wildman–Crippen LogP) is 5.31. The summed E-state index contributed by atoms with van der Waals surface area (Å²) in [5.74, 6) is -4.15. The molecule has 0 saturated heterocycles. The van der Waals surface area contributed by atoms with Crippen molar-refractivity contribution in [3.8, 4) is 17.0 Å². The van der Waals surface area contributed by atoms with Crippen LogP contribution in [0.3, 0.4) is 0 Å². The molecule has 0 unspecified atom stereocenters. The number of anilines is 3. The molecule has 0 spiro atoms. The smallest absolute Gasteiger partial charge is 0.434 e. The highest BCUT2D eigenvalue weighted by Gasteiger charge is 2.32. The number of nitrogens with one attached hydrogen (secondary N) is 3. The minimum absolute atomic E-state index is 0.0175. The van der Waals surface area contributed by atoms with Gasteiger partial charge < -0.3 is 10.1 Å². The van der Waals surface area contributed by atoms with Crippen LogP contribution >= 0.6 is 0 Å². The first-order chi connectivity index (χ1) is 17.9. The van der Waals surface area contributed by atoms with E-state index in [2.05, 4.69) is 25.5 Å². The van der Waals surface area contributed by atoms with Gasteiger partial charge in [-0.25, -0.2) is 22.8 Å². The van der Waals surface area contributed by atoms with Crippen LogP contribution in [0.25, 0.3) is 11.3 Å². The maximum atomic E-state index is 13.2. The summed E-state index contributed by atoms with van der Waals surface area (Å²) >= 11 is 0. The molecule has 0 atom stereocenters. The molecular formula is C22H16F6N6O3S. The third kappa shape index (κ3) is 6.50. The normalized spacial score (nSPS) is 12.0. The van der Waals surface area contributed by atoms with E-state index in [4.69, 9.17) is 4.74 Å². The number of nitrogens with zero attached hydrogens (tertiary/aromatic N) is 3. The Bertz CT molecular complexity index is 1510. The summed E-state index contributed by atoms with van der Waals surface area (Å²) in [6, 6.07) is 10.6. The molecule has 0 bridgehead atoms. The summed E-state index contributed by atoms with van der Waals surface area (Å²) in [5, 5.41) is 9.33. The first-order valence-corrected chi connectivity index (χ1v) is 12.0. The zero-order valence-corrected chi connectivity index (χ0v) is 19.6. The van der Waals surface area contributed by atoms with Crippen molar-refractivity contribution in [1.29, 1.82) is 0 Å². The maximum absolute atomic E-state index is 13.2. The fourth-order valence-electron chi connectivity index (χ4n) is 3.04. The number of H-pyrrole nitrogens is 1. The highest BCUT2D eigenvalue weighted by atomic mass is 32.2. The molecule has 0 aliphatic carbocycles. The van der Waals surface area contributed by atoms with Crippen LogP contribution in [0.5, 0.6) is 5.75 Å². The van der Waals surface area contributed by atoms with Crippen molar-refractivity contribution in [2.45, 2.75) is 18.5 Å². The first kappa shape index (κ1) is 26.7. The first-order valence-electron chi connectivity index (χ1n) is 10.4. The summed E-state index contributed by atoms with van der Waals surface area (Å²) in [6.07, 6.45) is -3.21. The fourth-order valence-corrected chi connectivity index (χ4v) is 3.60. The molecule has 4 aromatic rings. The van der Waals surface area contributed by atoms with E-state index in [1.807, 2.05) is 0 Å². The van der Waals surface area contributed by atoms with Crippen LogP contribution < -0.4 is 14.8 Å². The molecule has 200 valence electrons. The molecule has 0 radical (unpaired) electrons. The van der Waals surface area contributed by atoms with Gasteiger partial charge in [0.2, 0.25) is 0 Å². The number of rotatable bonds is 9. The van der Waals surface area contributed by atoms with Gasteiger partial charge in [-0.1, -0.05) is 18.2 Å². The Morgan fingerprint density at radius 1 is 0.974 bits per heavy atom. The topological polar surface area (TPSA) is 122 Å². The molecule has 2 heterocycles. The van der Waals surface area contributed by atoms with Gasteiger partial charge in [0.25, 0.3) is 10.0 Å². The van der Waals surface area contributed by atoms with Crippen molar-refractivity contribution >= 4 is 27.3 Å². The van der Waals surface area contributed by atoms with Crippen LogP contribution in [-0.4, -0.2) is 34.3 Å². The Morgan fingerprint density at radius 2 is 1.71 bits per heavy atom. The molecule has 3 N–H and O–H groups in total. The van der Waals surface area contributed by atoms with Crippen molar-refractivity contribution in [2.75, 3.05) is 10.0 Å². The van der Waals surface area contributed by atoms with Crippen molar-refractivity contribution in [3.05, 3.63) is 78.0 Å². The second kappa shape index (κ2) is 10.6. The predicted molar refractivity (Wildman–Crippen MR) is 124 cm³/mol. The standard InChI is InChI=1S/C22H16F6N6O3S/c23-14-4-1-12(2-5-14)11-37-17-7-13(3-6-15(17)34-38(35,36)21(24)25)16-8-19(33-32-16)31-20-10-29-18(9-30-20)22(26,27)28/h1-10,21,34H,11H2,(H2,30,31,32,33). The number of halogens is 6. The van der Waals surface area contributed by atoms with E-state index in [-0.39, 0.29) is 29.7 Å². The highest BCUT2D eigenvalue weighted by molar-refractivity contribution is 7.93. The van der Waals surface area contributed by atoms with Crippen LogP contribution in [0, 0.1) is 5.82 Å². The van der Waals surface area contributed by atoms with Crippen molar-refractivity contribution in [1.82, 2.24) is 20.2 Å². The summed E-state index contributed by atoms with van der Waals surface area (Å²) < 4.78 is 108. The zero-order chi connectivity index (χ0) is 27.5. The quantitative estimate of drug-likeness (QED) is 0.238. The van der Waals surface area contributed by atoms with Gasteiger partial charge in [0.15, 0.2) is 11.5 Å². The number of aromatic nitrogens is 4. The van der Waals surface area contributed by atoms with Gasteiger partial charge in [-0.05, 0) is 29.8 Å². The number of aromatic amines is 1. The van der Waals surface area contributed by atoms with Gasteiger partial charge in [-0.2, -0.15) is 27.1 Å². The lowest BCUT2D eigenvalue weighted by Crippen LogP contribution is -2.21. The number of alkyl halides is 5. The van der Waals surface area contributed by atoms with Crippen molar-refractivity contribution < 1.29 is 39.5 Å². The van der Waals surface area contributed by atoms with Crippen LogP contribution in [-0.2, 0) is 22.8 Å². The Hall–Kier alpha value is -4.34. The molecule has 0 amide bonds. The number of sulfonamides is 1. The van der Waals surface area contributed by atoms with Crippen LogP contribution in [0.2, 0.25) is 0 Å². The summed E-state index contributed by atoms with van der Waals surface area (Å²) in [5.41, 5.74) is -0.180. The van der Waals surface area contributed by atoms with E-state index in [1.54, 1.807) is 4.72 Å². The van der Waals surface area contributed by atoms with Gasteiger partial charge in [-0.15, -0.1) is 0 Å². The van der Waals surface area contributed by atoms with Gasteiger partial charge in [-0.3, -0.25) is 9.82 Å². The van der Waals surface area contributed by atoms with E-state index in [0.717, 1.165) is 6.20 Å². The lowest BCUT2D eigenvalue weighted by molar-refractivity contribution is -0.141. The largest absolute Gasteiger partial charge is 0.487 e. The van der Waals surface area contributed by atoms with Crippen LogP contribution in [0.15, 0.2) is 60.9 Å². The van der Waals surface area contributed by atoms with Crippen molar-refractivity contribution in [3.63, 3.8) is 0 Å². The van der Waals surface area contributed by atoms with Gasteiger partial charge in [0.1, 0.15) is 24.0 Å². The average molecular weight is 558 g/mol. The second-order valence-electron chi connectivity index (χ2n) is 7.61. The van der Waals surface area contributed by atoms with Crippen LogP contribution in [0.4, 0.5) is 43.7 Å². The summed E-state index contributed by atoms with van der Waals surface area (Å²) in [6.45, 7) is -0.143. The Kier molecular flexibility index (Phi) is 7.43. The number of benzene rings is 2. The average Bonchev–Trinajstić information content (AvgIpc) is 3.32. The summed E-state index contributed by atoms with van der Waals surface area (Å²) in [7, 11) is -5.01. The SMILES string of the molecule is O=S(=O)(Nc1ccc(-c2cc(Nc3cnc(C(F)(F)F)cn3)n[nH]2)cc1OCc1ccc(F)cc1)C(F)F. The minimum Gasteiger partial charge on any atom is -0.487 e. The van der Waals surface area contributed by atoms with E-state index in [9.17, 15) is 34.8 Å². The van der Waals surface area contributed by atoms with E-state index < -0.39 is 33.5 Å². The molecule has 0 saturated carbocycles. The highest BCUT2D eigenvalue weighted by Crippen LogP contribution is 2.33. The molecule has 16 heteroatoms. The third-order valence-electron chi connectivity index (χ3n) is 4.86. The molecule has 0 aliphatic heterocycles. The maximum Gasteiger partial charge on any atom is 0.434 e. The molecule has 0 aliphatic rings. The Morgan fingerprint density at radius 3 is 2.34 bits per heavy atom. The van der Waals surface area contributed by atoms with E-state index in [1.165, 1.54) is 48.5 Å². The molecule has 4 rings (SSSR count). The lowest BCUT2D eigenvalue weighted by atomic mass is 10.1. The Labute approximate surface area is 211 Å². The second-order valence-corrected chi connectivity index (χ2v) is 9.26. The van der Waals surface area contributed by atoms with E-state index in [0.29, 0.717) is 23.0 Å². The number of ether oxygens (including phenoxy) is 1. The molecule has 38 heavy (non-hydrogen) atoms. The fraction of sp³-hybridized carbons (Fsp3) is 0.136. The van der Waals surface area contributed by atoms with Gasteiger partial charge in [0, 0.05) is 11.6 Å². The summed E-state index contributed by atoms with van der Waals surface area (Å²) in [4.78, 5) is 6.93. The lowest BCUT2D eigenvalue weighted by Gasteiger charge is -2.15. The minimum atomic E-state index is -5.01. The molecule has 2 aromatic carbocycles. The van der Waals surface area contributed by atoms with Crippen molar-refractivity contribution in [2.24, 2.45) is 0 Å². The number of hydrogen-bond donors (Lipinski definition) is 3. The van der Waals surface area contributed by atoms with Gasteiger partial charge in [0.05, 0.1) is 23.8 Å². The third-order valence-corrected chi connectivity index (χ3v) is 5.84. The van der Waals surface area contributed by atoms with Crippen LogP contribution in [0.1, 0.15) is 11.3 Å². The molecular weight excluding hydrogens is 542 g/mol. The molecule has 9 nitrogen and oxygen atoms in total. The molecule has 0 fully saturated rings.